The molecular formula is C9H14N2O. The zero-order valence-electron chi connectivity index (χ0n) is 7.50. The van der Waals surface area contributed by atoms with Crippen LogP contribution in [0.1, 0.15) is 38.4 Å². The van der Waals surface area contributed by atoms with Gasteiger partial charge in [-0.25, -0.2) is 4.98 Å². The summed E-state index contributed by atoms with van der Waals surface area (Å²) < 4.78 is 5.50. The van der Waals surface area contributed by atoms with E-state index in [0.717, 1.165) is 5.76 Å². The quantitative estimate of drug-likeness (QED) is 0.749. The maximum atomic E-state index is 5.50. The first-order valence-electron chi connectivity index (χ1n) is 4.48. The van der Waals surface area contributed by atoms with E-state index in [9.17, 15) is 0 Å². The Bertz CT molecular complexity index is 263. The Morgan fingerprint density at radius 3 is 2.92 bits per heavy atom. The third-order valence-corrected chi connectivity index (χ3v) is 1.92. The number of nitrogens with one attached hydrogen (secondary N) is 1. The number of hydrogen-bond donors (Lipinski definition) is 1. The zero-order chi connectivity index (χ0) is 8.55. The third-order valence-electron chi connectivity index (χ3n) is 1.92. The van der Waals surface area contributed by atoms with E-state index in [-0.39, 0.29) is 0 Å². The maximum Gasteiger partial charge on any atom is 0.294 e. The van der Waals surface area contributed by atoms with Crippen molar-refractivity contribution in [2.24, 2.45) is 0 Å². The minimum absolute atomic E-state index is 0.385. The van der Waals surface area contributed by atoms with Crippen LogP contribution in [0.25, 0.3) is 0 Å². The van der Waals surface area contributed by atoms with Crippen molar-refractivity contribution in [1.82, 2.24) is 4.98 Å². The Kier molecular flexibility index (Phi) is 1.79. The van der Waals surface area contributed by atoms with Crippen LogP contribution in [0.5, 0.6) is 0 Å². The van der Waals surface area contributed by atoms with Crippen molar-refractivity contribution in [3.63, 3.8) is 0 Å². The summed E-state index contributed by atoms with van der Waals surface area (Å²) in [6, 6.07) is 1.04. The molecule has 3 nitrogen and oxygen atoms in total. The summed E-state index contributed by atoms with van der Waals surface area (Å²) in [5, 5.41) is 3.13. The van der Waals surface area contributed by atoms with Crippen LogP contribution in [0.2, 0.25) is 0 Å². The van der Waals surface area contributed by atoms with Crippen LogP contribution in [-0.2, 0) is 0 Å². The van der Waals surface area contributed by atoms with Gasteiger partial charge in [0.15, 0.2) is 0 Å². The standard InChI is InChI=1S/C9H14N2O/c1-6(2)11-9-10-5-8(12-9)7-3-4-7/h5-7H,3-4H2,1-2H3,(H,10,11). The molecule has 66 valence electrons. The molecule has 1 N–H and O–H groups in total. The number of oxazole rings is 1. The molecule has 0 bridgehead atoms. The average molecular weight is 166 g/mol. The fourth-order valence-electron chi connectivity index (χ4n) is 1.16. The highest BCUT2D eigenvalue weighted by Crippen LogP contribution is 2.40. The number of anilines is 1. The van der Waals surface area contributed by atoms with E-state index >= 15 is 0 Å². The molecule has 1 aromatic rings. The molecular weight excluding hydrogens is 152 g/mol. The molecule has 0 amide bonds. The molecule has 1 aliphatic rings. The number of aromatic nitrogens is 1. The summed E-state index contributed by atoms with van der Waals surface area (Å²) in [7, 11) is 0. The summed E-state index contributed by atoms with van der Waals surface area (Å²) >= 11 is 0. The Labute approximate surface area is 72.2 Å². The number of rotatable bonds is 3. The van der Waals surface area contributed by atoms with E-state index in [1.165, 1.54) is 12.8 Å². The molecule has 0 atom stereocenters. The van der Waals surface area contributed by atoms with E-state index in [1.807, 2.05) is 6.20 Å². The van der Waals surface area contributed by atoms with Gasteiger partial charge in [-0.1, -0.05) is 0 Å². The fraction of sp³-hybridized carbons (Fsp3) is 0.667. The van der Waals surface area contributed by atoms with Gasteiger partial charge in [0.2, 0.25) is 0 Å². The molecule has 0 saturated heterocycles. The van der Waals surface area contributed by atoms with Crippen molar-refractivity contribution in [2.75, 3.05) is 5.32 Å². The number of hydrogen-bond acceptors (Lipinski definition) is 3. The van der Waals surface area contributed by atoms with Gasteiger partial charge in [0.05, 0.1) is 6.20 Å². The molecule has 1 aliphatic carbocycles. The van der Waals surface area contributed by atoms with Gasteiger partial charge < -0.3 is 9.73 Å². The van der Waals surface area contributed by atoms with Crippen LogP contribution in [0, 0.1) is 0 Å². The van der Waals surface area contributed by atoms with Gasteiger partial charge in [-0.15, -0.1) is 0 Å². The molecule has 0 aromatic carbocycles. The van der Waals surface area contributed by atoms with E-state index in [2.05, 4.69) is 24.1 Å². The zero-order valence-corrected chi connectivity index (χ0v) is 7.50. The lowest BCUT2D eigenvalue weighted by atomic mass is 10.3. The Balaban J connectivity index is 2.03. The van der Waals surface area contributed by atoms with E-state index in [4.69, 9.17) is 4.42 Å². The maximum absolute atomic E-state index is 5.50. The van der Waals surface area contributed by atoms with Crippen molar-refractivity contribution in [3.05, 3.63) is 12.0 Å². The van der Waals surface area contributed by atoms with Crippen LogP contribution in [-0.4, -0.2) is 11.0 Å². The third kappa shape index (κ3) is 1.60. The minimum atomic E-state index is 0.385. The Morgan fingerprint density at radius 1 is 1.58 bits per heavy atom. The highest BCUT2D eigenvalue weighted by molar-refractivity contribution is 5.23. The first kappa shape index (κ1) is 7.65. The molecule has 1 fully saturated rings. The largest absolute Gasteiger partial charge is 0.428 e. The predicted molar refractivity (Wildman–Crippen MR) is 47.2 cm³/mol. The van der Waals surface area contributed by atoms with Gasteiger partial charge in [0, 0.05) is 12.0 Å². The van der Waals surface area contributed by atoms with Gasteiger partial charge in [-0.2, -0.15) is 0 Å². The second-order valence-corrected chi connectivity index (χ2v) is 3.64. The molecule has 12 heavy (non-hydrogen) atoms. The molecule has 0 spiro atoms. The molecule has 1 aromatic heterocycles. The Hall–Kier alpha value is -0.990. The lowest BCUT2D eigenvalue weighted by molar-refractivity contribution is 0.515. The van der Waals surface area contributed by atoms with Gasteiger partial charge in [0.25, 0.3) is 6.01 Å². The summed E-state index contributed by atoms with van der Waals surface area (Å²) in [4.78, 5) is 4.14. The van der Waals surface area contributed by atoms with Crippen molar-refractivity contribution >= 4 is 6.01 Å². The van der Waals surface area contributed by atoms with E-state index < -0.39 is 0 Å². The normalized spacial score (nSPS) is 16.9. The molecule has 1 heterocycles. The van der Waals surface area contributed by atoms with Crippen LogP contribution in [0.15, 0.2) is 10.6 Å². The van der Waals surface area contributed by atoms with Crippen molar-refractivity contribution < 1.29 is 4.42 Å². The highest BCUT2D eigenvalue weighted by Gasteiger charge is 2.27. The number of nitrogens with zero attached hydrogens (tertiary/aromatic N) is 1. The second kappa shape index (κ2) is 2.81. The summed E-state index contributed by atoms with van der Waals surface area (Å²) in [6.45, 7) is 4.14. The molecule has 0 unspecified atom stereocenters. The van der Waals surface area contributed by atoms with Gasteiger partial charge in [-0.05, 0) is 26.7 Å². The van der Waals surface area contributed by atoms with Crippen molar-refractivity contribution in [3.8, 4) is 0 Å². The van der Waals surface area contributed by atoms with Crippen LogP contribution >= 0.6 is 0 Å². The van der Waals surface area contributed by atoms with Crippen molar-refractivity contribution in [1.29, 1.82) is 0 Å². The molecule has 0 radical (unpaired) electrons. The van der Waals surface area contributed by atoms with Crippen molar-refractivity contribution in [2.45, 2.75) is 38.6 Å². The fourth-order valence-corrected chi connectivity index (χ4v) is 1.16. The first-order valence-corrected chi connectivity index (χ1v) is 4.48. The second-order valence-electron chi connectivity index (χ2n) is 3.64. The van der Waals surface area contributed by atoms with Gasteiger partial charge in [-0.3, -0.25) is 0 Å². The summed E-state index contributed by atoms with van der Waals surface area (Å²) in [6.07, 6.45) is 4.36. The van der Waals surface area contributed by atoms with Crippen LogP contribution in [0.3, 0.4) is 0 Å². The summed E-state index contributed by atoms with van der Waals surface area (Å²) in [5.41, 5.74) is 0. The monoisotopic (exact) mass is 166 g/mol. The van der Waals surface area contributed by atoms with Crippen LogP contribution in [0.4, 0.5) is 6.01 Å². The van der Waals surface area contributed by atoms with E-state index in [1.54, 1.807) is 0 Å². The molecule has 3 heteroatoms. The molecule has 1 saturated carbocycles. The Morgan fingerprint density at radius 2 is 2.33 bits per heavy atom. The van der Waals surface area contributed by atoms with Gasteiger partial charge in [0.1, 0.15) is 5.76 Å². The van der Waals surface area contributed by atoms with Crippen LogP contribution < -0.4 is 5.32 Å². The average Bonchev–Trinajstić information content (AvgIpc) is 2.73. The summed E-state index contributed by atoms with van der Waals surface area (Å²) in [5.74, 6) is 1.69. The topological polar surface area (TPSA) is 38.1 Å². The SMILES string of the molecule is CC(C)Nc1ncc(C2CC2)o1. The highest BCUT2D eigenvalue weighted by atomic mass is 16.4. The van der Waals surface area contributed by atoms with E-state index in [0.29, 0.717) is 18.0 Å². The minimum Gasteiger partial charge on any atom is -0.428 e. The molecule has 2 rings (SSSR count). The predicted octanol–water partition coefficient (Wildman–Crippen LogP) is 2.37. The molecule has 0 aliphatic heterocycles. The first-order chi connectivity index (χ1) is 5.75. The lowest BCUT2D eigenvalue weighted by Crippen LogP contribution is -2.09. The lowest BCUT2D eigenvalue weighted by Gasteiger charge is -2.03. The smallest absolute Gasteiger partial charge is 0.294 e. The van der Waals surface area contributed by atoms with Gasteiger partial charge >= 0.3 is 0 Å².